The molecule has 4 heterocycles. The zero-order valence-corrected chi connectivity index (χ0v) is 18.7. The lowest BCUT2D eigenvalue weighted by molar-refractivity contribution is -0.000182. The number of amides is 1. The zero-order valence-electron chi connectivity index (χ0n) is 18.7. The molecule has 0 unspecified atom stereocenters. The second kappa shape index (κ2) is 8.48. The first-order valence-electron chi connectivity index (χ1n) is 11.4. The number of aromatic nitrogens is 1. The predicted octanol–water partition coefficient (Wildman–Crippen LogP) is 4.07. The number of hydrogen-bond donors (Lipinski definition) is 1. The largest absolute Gasteiger partial charge is 0.444 e. The molecule has 0 saturated carbocycles. The van der Waals surface area contributed by atoms with Crippen LogP contribution in [0.5, 0.6) is 0 Å². The molecular weight excluding hydrogens is 376 g/mol. The lowest BCUT2D eigenvalue weighted by Crippen LogP contribution is -2.54. The smallest absolute Gasteiger partial charge is 0.410 e. The molecule has 6 heteroatoms. The molecule has 4 rings (SSSR count). The van der Waals surface area contributed by atoms with E-state index in [4.69, 9.17) is 9.72 Å². The van der Waals surface area contributed by atoms with Crippen molar-refractivity contribution in [1.82, 2.24) is 14.8 Å². The normalized spacial score (nSPS) is 20.2. The van der Waals surface area contributed by atoms with Crippen molar-refractivity contribution in [2.75, 3.05) is 38.0 Å². The molecule has 164 valence electrons. The highest BCUT2D eigenvalue weighted by atomic mass is 16.6. The van der Waals surface area contributed by atoms with E-state index >= 15 is 0 Å². The molecule has 0 aliphatic carbocycles. The van der Waals surface area contributed by atoms with Crippen molar-refractivity contribution in [3.05, 3.63) is 35.7 Å². The van der Waals surface area contributed by atoms with Crippen LogP contribution in [-0.4, -0.2) is 59.2 Å². The number of likely N-dealkylation sites (tertiary alicyclic amines) is 2. The molecule has 3 aliphatic rings. The van der Waals surface area contributed by atoms with Crippen LogP contribution in [-0.2, 0) is 17.6 Å². The van der Waals surface area contributed by atoms with E-state index in [2.05, 4.69) is 28.9 Å². The fourth-order valence-corrected chi connectivity index (χ4v) is 4.63. The molecule has 2 saturated heterocycles. The molecular formula is C24H36N4O2. The second-order valence-electron chi connectivity index (χ2n) is 10.0. The average Bonchev–Trinajstić information content (AvgIpc) is 2.66. The Bertz CT molecular complexity index is 787. The highest BCUT2D eigenvalue weighted by Crippen LogP contribution is 2.31. The van der Waals surface area contributed by atoms with Crippen LogP contribution in [0.25, 0.3) is 0 Å². The Hall–Kier alpha value is -2.24. The van der Waals surface area contributed by atoms with Gasteiger partial charge in [-0.1, -0.05) is 12.6 Å². The van der Waals surface area contributed by atoms with E-state index in [1.807, 2.05) is 20.8 Å². The average molecular weight is 413 g/mol. The Labute approximate surface area is 180 Å². The fraction of sp³-hybridized carbons (Fsp3) is 0.667. The number of pyridine rings is 1. The first kappa shape index (κ1) is 21.0. The van der Waals surface area contributed by atoms with Gasteiger partial charge in [-0.15, -0.1) is 0 Å². The minimum Gasteiger partial charge on any atom is -0.444 e. The van der Waals surface area contributed by atoms with Gasteiger partial charge in [-0.2, -0.15) is 0 Å². The van der Waals surface area contributed by atoms with Crippen molar-refractivity contribution in [2.24, 2.45) is 11.8 Å². The number of aryl methyl sites for hydroxylation is 1. The summed E-state index contributed by atoms with van der Waals surface area (Å²) in [6.07, 6.45) is 5.54. The molecule has 1 amide bonds. The summed E-state index contributed by atoms with van der Waals surface area (Å²) >= 11 is 0. The van der Waals surface area contributed by atoms with E-state index in [1.165, 1.54) is 36.2 Å². The van der Waals surface area contributed by atoms with Gasteiger partial charge in [0.1, 0.15) is 11.4 Å². The third kappa shape index (κ3) is 4.90. The summed E-state index contributed by atoms with van der Waals surface area (Å²) in [7, 11) is 0. The predicted molar refractivity (Wildman–Crippen MR) is 119 cm³/mol. The molecule has 2 fully saturated rings. The van der Waals surface area contributed by atoms with Gasteiger partial charge in [-0.05, 0) is 70.4 Å². The van der Waals surface area contributed by atoms with Gasteiger partial charge in [0.25, 0.3) is 0 Å². The minimum atomic E-state index is -0.440. The number of anilines is 1. The maximum atomic E-state index is 12.1. The Morgan fingerprint density at radius 2 is 1.97 bits per heavy atom. The molecule has 1 N–H and O–H groups in total. The van der Waals surface area contributed by atoms with Crippen molar-refractivity contribution in [3.63, 3.8) is 0 Å². The van der Waals surface area contributed by atoms with E-state index in [0.29, 0.717) is 11.8 Å². The topological polar surface area (TPSA) is 57.7 Å². The summed E-state index contributed by atoms with van der Waals surface area (Å²) < 4.78 is 5.45. The number of nitrogens with one attached hydrogen (secondary N) is 1. The van der Waals surface area contributed by atoms with Gasteiger partial charge in [-0.25, -0.2) is 9.78 Å². The summed E-state index contributed by atoms with van der Waals surface area (Å²) in [6.45, 7) is 14.6. The molecule has 1 aromatic rings. The lowest BCUT2D eigenvalue weighted by atomic mass is 9.89. The van der Waals surface area contributed by atoms with Gasteiger partial charge in [-0.3, -0.25) is 0 Å². The molecule has 6 nitrogen and oxygen atoms in total. The standard InChI is InChI=1S/C24H36N4O2/c1-17(20-15-28(16-20)23(29)30-24(2,3)4)27-12-9-18(10-13-27)14-21-8-7-19-6-5-11-25-22(19)26-21/h7-8,18,20H,1,5-6,9-16H2,2-4H3,(H,25,26). The molecule has 30 heavy (non-hydrogen) atoms. The number of piperidine rings is 1. The number of carbonyl (C=O) groups is 1. The Morgan fingerprint density at radius 1 is 1.23 bits per heavy atom. The van der Waals surface area contributed by atoms with E-state index in [1.54, 1.807) is 4.90 Å². The van der Waals surface area contributed by atoms with Crippen molar-refractivity contribution in [2.45, 2.75) is 58.5 Å². The Balaban J connectivity index is 1.21. The van der Waals surface area contributed by atoms with Crippen LogP contribution < -0.4 is 5.32 Å². The van der Waals surface area contributed by atoms with Crippen LogP contribution in [0.1, 0.15) is 51.3 Å². The number of hydrogen-bond acceptors (Lipinski definition) is 5. The van der Waals surface area contributed by atoms with Crippen molar-refractivity contribution in [1.29, 1.82) is 0 Å². The number of ether oxygens (including phenoxy) is 1. The van der Waals surface area contributed by atoms with Gasteiger partial charge < -0.3 is 19.9 Å². The molecule has 0 aromatic carbocycles. The van der Waals surface area contributed by atoms with Crippen molar-refractivity contribution < 1.29 is 9.53 Å². The first-order chi connectivity index (χ1) is 14.3. The van der Waals surface area contributed by atoms with Crippen molar-refractivity contribution in [3.8, 4) is 0 Å². The summed E-state index contributed by atoms with van der Waals surface area (Å²) in [6, 6.07) is 4.48. The Morgan fingerprint density at radius 3 is 2.67 bits per heavy atom. The number of fused-ring (bicyclic) bond motifs is 1. The van der Waals surface area contributed by atoms with Crippen LogP contribution in [0.2, 0.25) is 0 Å². The molecule has 0 atom stereocenters. The highest BCUT2D eigenvalue weighted by Gasteiger charge is 2.37. The minimum absolute atomic E-state index is 0.211. The van der Waals surface area contributed by atoms with Gasteiger partial charge in [0.2, 0.25) is 0 Å². The van der Waals surface area contributed by atoms with E-state index in [9.17, 15) is 4.79 Å². The summed E-state index contributed by atoms with van der Waals surface area (Å²) in [4.78, 5) is 21.2. The van der Waals surface area contributed by atoms with Crippen LogP contribution in [0, 0.1) is 11.8 Å². The lowest BCUT2D eigenvalue weighted by Gasteiger charge is -2.45. The molecule has 0 spiro atoms. The third-order valence-corrected chi connectivity index (χ3v) is 6.47. The zero-order chi connectivity index (χ0) is 21.3. The van der Waals surface area contributed by atoms with Gasteiger partial charge in [0.05, 0.1) is 0 Å². The molecule has 3 aliphatic heterocycles. The SMILES string of the molecule is C=C(C1CN(C(=O)OC(C)(C)C)C1)N1CCC(Cc2ccc3c(n2)NCCC3)CC1. The Kier molecular flexibility index (Phi) is 5.94. The van der Waals surface area contributed by atoms with Crippen LogP contribution in [0.3, 0.4) is 0 Å². The van der Waals surface area contributed by atoms with Gasteiger partial charge in [0, 0.05) is 50.0 Å². The number of rotatable bonds is 4. The second-order valence-corrected chi connectivity index (χ2v) is 10.0. The van der Waals surface area contributed by atoms with Gasteiger partial charge >= 0.3 is 6.09 Å². The van der Waals surface area contributed by atoms with E-state index in [0.717, 1.165) is 51.4 Å². The van der Waals surface area contributed by atoms with Crippen molar-refractivity contribution >= 4 is 11.9 Å². The monoisotopic (exact) mass is 412 g/mol. The van der Waals surface area contributed by atoms with E-state index in [-0.39, 0.29) is 6.09 Å². The highest BCUT2D eigenvalue weighted by molar-refractivity contribution is 5.69. The van der Waals surface area contributed by atoms with E-state index < -0.39 is 5.60 Å². The third-order valence-electron chi connectivity index (χ3n) is 6.47. The summed E-state index contributed by atoms with van der Waals surface area (Å²) in [5.41, 5.74) is 3.32. The number of carbonyl (C=O) groups excluding carboxylic acids is 1. The maximum Gasteiger partial charge on any atom is 0.410 e. The quantitative estimate of drug-likeness (QED) is 0.808. The first-order valence-corrected chi connectivity index (χ1v) is 11.4. The van der Waals surface area contributed by atoms with Crippen LogP contribution in [0.4, 0.5) is 10.6 Å². The van der Waals surface area contributed by atoms with Crippen LogP contribution in [0.15, 0.2) is 24.4 Å². The summed E-state index contributed by atoms with van der Waals surface area (Å²) in [5.74, 6) is 2.15. The summed E-state index contributed by atoms with van der Waals surface area (Å²) in [5, 5.41) is 3.44. The molecule has 0 radical (unpaired) electrons. The molecule has 1 aromatic heterocycles. The van der Waals surface area contributed by atoms with Gasteiger partial charge in [0.15, 0.2) is 0 Å². The fourth-order valence-electron chi connectivity index (χ4n) is 4.63. The number of nitrogens with zero attached hydrogens (tertiary/aromatic N) is 3. The van der Waals surface area contributed by atoms with Crippen LogP contribution >= 0.6 is 0 Å². The molecule has 0 bridgehead atoms. The maximum absolute atomic E-state index is 12.1.